The van der Waals surface area contributed by atoms with Gasteiger partial charge in [-0.05, 0) is 59.7 Å². The average Bonchev–Trinajstić information content (AvgIpc) is 2.66. The largest absolute Gasteiger partial charge is 0.488 e. The van der Waals surface area contributed by atoms with Crippen LogP contribution in [0.4, 0.5) is 8.78 Å². The Balaban J connectivity index is 1.91. The SMILES string of the molecule is N#C/C(=C/c1cc(Br)ccc1OCc1ccc(F)cc1)c1cccc(F)c1. The first-order chi connectivity index (χ1) is 13.0. The van der Waals surface area contributed by atoms with Gasteiger partial charge in [-0.1, -0.05) is 40.2 Å². The highest BCUT2D eigenvalue weighted by atomic mass is 79.9. The molecule has 0 atom stereocenters. The summed E-state index contributed by atoms with van der Waals surface area (Å²) < 4.78 is 33.2. The van der Waals surface area contributed by atoms with Gasteiger partial charge in [0.2, 0.25) is 0 Å². The number of hydrogen-bond acceptors (Lipinski definition) is 2. The minimum atomic E-state index is -0.407. The number of ether oxygens (including phenoxy) is 1. The summed E-state index contributed by atoms with van der Waals surface area (Å²) in [4.78, 5) is 0. The highest BCUT2D eigenvalue weighted by Gasteiger charge is 2.08. The molecule has 0 saturated heterocycles. The lowest BCUT2D eigenvalue weighted by molar-refractivity contribution is 0.305. The number of benzene rings is 3. The van der Waals surface area contributed by atoms with Crippen LogP contribution < -0.4 is 4.74 Å². The van der Waals surface area contributed by atoms with Gasteiger partial charge in [0.1, 0.15) is 24.0 Å². The molecule has 27 heavy (non-hydrogen) atoms. The fourth-order valence-corrected chi connectivity index (χ4v) is 2.88. The molecule has 0 fully saturated rings. The Labute approximate surface area is 164 Å². The molecule has 0 bridgehead atoms. The second-order valence-corrected chi connectivity index (χ2v) is 6.69. The molecule has 3 rings (SSSR count). The molecular weight excluding hydrogens is 412 g/mol. The Bertz CT molecular complexity index is 1020. The minimum Gasteiger partial charge on any atom is -0.488 e. The molecule has 0 aliphatic carbocycles. The Kier molecular flexibility index (Phi) is 6.00. The predicted molar refractivity (Wildman–Crippen MR) is 105 cm³/mol. The van der Waals surface area contributed by atoms with Gasteiger partial charge in [0, 0.05) is 10.0 Å². The predicted octanol–water partition coefficient (Wildman–Crippen LogP) is 6.37. The van der Waals surface area contributed by atoms with Gasteiger partial charge in [0.25, 0.3) is 0 Å². The molecule has 0 radical (unpaired) electrons. The summed E-state index contributed by atoms with van der Waals surface area (Å²) in [6.45, 7) is 0.255. The third-order valence-electron chi connectivity index (χ3n) is 3.84. The van der Waals surface area contributed by atoms with Crippen molar-refractivity contribution in [3.8, 4) is 11.8 Å². The Morgan fingerprint density at radius 3 is 2.48 bits per heavy atom. The molecule has 0 spiro atoms. The molecule has 134 valence electrons. The normalized spacial score (nSPS) is 11.1. The molecule has 0 aliphatic rings. The van der Waals surface area contributed by atoms with Crippen LogP contribution in [0.25, 0.3) is 11.6 Å². The molecule has 0 heterocycles. The number of nitrogens with zero attached hydrogens (tertiary/aromatic N) is 1. The zero-order chi connectivity index (χ0) is 19.2. The van der Waals surface area contributed by atoms with E-state index in [0.717, 1.165) is 10.0 Å². The van der Waals surface area contributed by atoms with Gasteiger partial charge < -0.3 is 4.74 Å². The molecule has 5 heteroatoms. The first-order valence-electron chi connectivity index (χ1n) is 8.10. The van der Waals surface area contributed by atoms with E-state index in [9.17, 15) is 14.0 Å². The summed E-state index contributed by atoms with van der Waals surface area (Å²) in [6.07, 6.45) is 1.65. The van der Waals surface area contributed by atoms with Crippen LogP contribution in [0.3, 0.4) is 0 Å². The lowest BCUT2D eigenvalue weighted by Gasteiger charge is -2.11. The van der Waals surface area contributed by atoms with E-state index in [2.05, 4.69) is 22.0 Å². The Morgan fingerprint density at radius 2 is 1.78 bits per heavy atom. The van der Waals surface area contributed by atoms with Crippen molar-refractivity contribution in [1.29, 1.82) is 5.26 Å². The highest BCUT2D eigenvalue weighted by Crippen LogP contribution is 2.28. The zero-order valence-electron chi connectivity index (χ0n) is 14.1. The van der Waals surface area contributed by atoms with Gasteiger partial charge in [-0.2, -0.15) is 5.26 Å². The third-order valence-corrected chi connectivity index (χ3v) is 4.33. The molecular formula is C22H14BrF2NO. The average molecular weight is 426 g/mol. The van der Waals surface area contributed by atoms with Crippen molar-refractivity contribution in [2.75, 3.05) is 0 Å². The number of allylic oxidation sites excluding steroid dienone is 1. The van der Waals surface area contributed by atoms with E-state index in [1.54, 1.807) is 36.4 Å². The van der Waals surface area contributed by atoms with Crippen LogP contribution in [0.1, 0.15) is 16.7 Å². The van der Waals surface area contributed by atoms with Gasteiger partial charge in [0.05, 0.1) is 11.6 Å². The Morgan fingerprint density at radius 1 is 1.00 bits per heavy atom. The van der Waals surface area contributed by atoms with Crippen molar-refractivity contribution in [2.24, 2.45) is 0 Å². The van der Waals surface area contributed by atoms with Crippen LogP contribution in [0.15, 0.2) is 71.2 Å². The van der Waals surface area contributed by atoms with Crippen LogP contribution in [-0.2, 0) is 6.61 Å². The van der Waals surface area contributed by atoms with E-state index >= 15 is 0 Å². The van der Waals surface area contributed by atoms with Crippen LogP contribution in [0.2, 0.25) is 0 Å². The Hall–Kier alpha value is -2.97. The number of halogens is 3. The van der Waals surface area contributed by atoms with Crippen LogP contribution in [-0.4, -0.2) is 0 Å². The van der Waals surface area contributed by atoms with Crippen molar-refractivity contribution in [3.05, 3.63) is 99.5 Å². The molecule has 0 unspecified atom stereocenters. The molecule has 0 aliphatic heterocycles. The summed E-state index contributed by atoms with van der Waals surface area (Å²) in [5.74, 6) is -0.151. The van der Waals surface area contributed by atoms with E-state index in [1.807, 2.05) is 12.1 Å². The summed E-state index contributed by atoms with van der Waals surface area (Å²) in [5, 5.41) is 9.50. The molecule has 2 nitrogen and oxygen atoms in total. The van der Waals surface area contributed by atoms with Crippen LogP contribution in [0.5, 0.6) is 5.75 Å². The summed E-state index contributed by atoms with van der Waals surface area (Å²) in [5.41, 5.74) is 2.30. The van der Waals surface area contributed by atoms with E-state index in [0.29, 0.717) is 22.4 Å². The van der Waals surface area contributed by atoms with E-state index in [1.165, 1.54) is 24.3 Å². The van der Waals surface area contributed by atoms with E-state index < -0.39 is 5.82 Å². The maximum Gasteiger partial charge on any atom is 0.127 e. The molecule has 3 aromatic rings. The molecule has 3 aromatic carbocycles. The highest BCUT2D eigenvalue weighted by molar-refractivity contribution is 9.10. The number of rotatable bonds is 5. The summed E-state index contributed by atoms with van der Waals surface area (Å²) in [6, 6.07) is 19.4. The van der Waals surface area contributed by atoms with Gasteiger partial charge >= 0.3 is 0 Å². The van der Waals surface area contributed by atoms with E-state index in [-0.39, 0.29) is 12.4 Å². The standard InChI is InChI=1S/C22H14BrF2NO/c23-19-6-9-22(27-14-15-4-7-20(24)8-5-15)17(11-19)10-18(13-26)16-2-1-3-21(25)12-16/h1-12H,14H2/b18-10-. The third kappa shape index (κ3) is 5.02. The summed E-state index contributed by atoms with van der Waals surface area (Å²) >= 11 is 3.41. The van der Waals surface area contributed by atoms with Gasteiger partial charge in [0.15, 0.2) is 0 Å². The second kappa shape index (κ2) is 8.61. The summed E-state index contributed by atoms with van der Waals surface area (Å²) in [7, 11) is 0. The number of nitriles is 1. The zero-order valence-corrected chi connectivity index (χ0v) is 15.7. The van der Waals surface area contributed by atoms with Crippen molar-refractivity contribution in [2.45, 2.75) is 6.61 Å². The smallest absolute Gasteiger partial charge is 0.127 e. The van der Waals surface area contributed by atoms with E-state index in [4.69, 9.17) is 4.74 Å². The van der Waals surface area contributed by atoms with Crippen molar-refractivity contribution >= 4 is 27.6 Å². The van der Waals surface area contributed by atoms with Crippen LogP contribution in [0, 0.1) is 23.0 Å². The topological polar surface area (TPSA) is 33.0 Å². The van der Waals surface area contributed by atoms with Gasteiger partial charge in [-0.15, -0.1) is 0 Å². The first-order valence-corrected chi connectivity index (χ1v) is 8.89. The second-order valence-electron chi connectivity index (χ2n) is 5.78. The first kappa shape index (κ1) is 18.8. The van der Waals surface area contributed by atoms with Crippen molar-refractivity contribution < 1.29 is 13.5 Å². The monoisotopic (exact) mass is 425 g/mol. The molecule has 0 N–H and O–H groups in total. The lowest BCUT2D eigenvalue weighted by atomic mass is 10.0. The maximum atomic E-state index is 13.5. The molecule has 0 amide bonds. The lowest BCUT2D eigenvalue weighted by Crippen LogP contribution is -1.97. The fraction of sp³-hybridized carbons (Fsp3) is 0.0455. The minimum absolute atomic E-state index is 0.255. The number of hydrogen-bond donors (Lipinski definition) is 0. The fourth-order valence-electron chi connectivity index (χ4n) is 2.50. The molecule has 0 saturated carbocycles. The van der Waals surface area contributed by atoms with Gasteiger partial charge in [-0.25, -0.2) is 8.78 Å². The maximum absolute atomic E-state index is 13.5. The van der Waals surface area contributed by atoms with Crippen molar-refractivity contribution in [1.82, 2.24) is 0 Å². The molecule has 0 aromatic heterocycles. The quantitative estimate of drug-likeness (QED) is 0.351. The van der Waals surface area contributed by atoms with Crippen molar-refractivity contribution in [3.63, 3.8) is 0 Å². The van der Waals surface area contributed by atoms with Crippen LogP contribution >= 0.6 is 15.9 Å². The van der Waals surface area contributed by atoms with Gasteiger partial charge in [-0.3, -0.25) is 0 Å².